The van der Waals surface area contributed by atoms with E-state index in [1.54, 1.807) is 18.2 Å². The van der Waals surface area contributed by atoms with Gasteiger partial charge in [-0.1, -0.05) is 11.6 Å². The molecule has 20 heavy (non-hydrogen) atoms. The van der Waals surface area contributed by atoms with E-state index in [9.17, 15) is 4.79 Å². The van der Waals surface area contributed by atoms with Crippen LogP contribution >= 0.6 is 11.6 Å². The first-order valence-corrected chi connectivity index (χ1v) is 7.35. The molecule has 1 aromatic rings. The standard InChI is InChI=1S/C15H20ClNO3/c16-14-3-4-15(13(11-14)12-18)20-8-2-1-5-17-6-9-19-10-7-17/h3-4,11-12H,1-2,5-10H2. The van der Waals surface area contributed by atoms with Gasteiger partial charge in [-0.15, -0.1) is 0 Å². The molecule has 0 saturated carbocycles. The zero-order valence-electron chi connectivity index (χ0n) is 11.5. The molecule has 0 bridgehead atoms. The minimum absolute atomic E-state index is 0.505. The van der Waals surface area contributed by atoms with E-state index in [1.807, 2.05) is 0 Å². The van der Waals surface area contributed by atoms with Gasteiger partial charge in [-0.25, -0.2) is 0 Å². The van der Waals surface area contributed by atoms with Crippen molar-refractivity contribution in [3.8, 4) is 5.75 Å². The Balaban J connectivity index is 1.66. The van der Waals surface area contributed by atoms with Gasteiger partial charge in [0.25, 0.3) is 0 Å². The fourth-order valence-electron chi connectivity index (χ4n) is 2.19. The van der Waals surface area contributed by atoms with E-state index < -0.39 is 0 Å². The molecular weight excluding hydrogens is 278 g/mol. The van der Waals surface area contributed by atoms with Crippen molar-refractivity contribution in [1.29, 1.82) is 0 Å². The average Bonchev–Trinajstić information content (AvgIpc) is 2.49. The zero-order chi connectivity index (χ0) is 14.2. The Labute approximate surface area is 124 Å². The molecule has 0 atom stereocenters. The molecule has 0 aromatic heterocycles. The van der Waals surface area contributed by atoms with E-state index in [2.05, 4.69) is 4.90 Å². The van der Waals surface area contributed by atoms with Gasteiger partial charge in [-0.2, -0.15) is 0 Å². The molecule has 1 fully saturated rings. The molecule has 4 nitrogen and oxygen atoms in total. The molecule has 0 amide bonds. The van der Waals surface area contributed by atoms with E-state index in [0.717, 1.165) is 52.0 Å². The Morgan fingerprint density at radius 1 is 1.30 bits per heavy atom. The largest absolute Gasteiger partial charge is 0.493 e. The second-order valence-corrected chi connectivity index (χ2v) is 5.25. The first-order chi connectivity index (χ1) is 9.79. The minimum Gasteiger partial charge on any atom is -0.493 e. The highest BCUT2D eigenvalue weighted by molar-refractivity contribution is 6.30. The summed E-state index contributed by atoms with van der Waals surface area (Å²) < 4.78 is 10.9. The number of ether oxygens (including phenoxy) is 2. The lowest BCUT2D eigenvalue weighted by Gasteiger charge is -2.26. The molecule has 0 radical (unpaired) electrons. The summed E-state index contributed by atoms with van der Waals surface area (Å²) in [7, 11) is 0. The monoisotopic (exact) mass is 297 g/mol. The maximum atomic E-state index is 10.9. The van der Waals surface area contributed by atoms with Crippen molar-refractivity contribution < 1.29 is 14.3 Å². The molecule has 1 aromatic carbocycles. The molecule has 1 aliphatic rings. The quantitative estimate of drug-likeness (QED) is 0.573. The number of carbonyl (C=O) groups is 1. The summed E-state index contributed by atoms with van der Waals surface area (Å²) >= 11 is 5.84. The predicted molar refractivity (Wildman–Crippen MR) is 78.8 cm³/mol. The number of hydrogen-bond acceptors (Lipinski definition) is 4. The number of halogens is 1. The first kappa shape index (κ1) is 15.3. The normalized spacial score (nSPS) is 16.1. The Bertz CT molecular complexity index is 433. The number of hydrogen-bond donors (Lipinski definition) is 0. The lowest BCUT2D eigenvalue weighted by molar-refractivity contribution is 0.0368. The van der Waals surface area contributed by atoms with Crippen LogP contribution in [0.4, 0.5) is 0 Å². The molecule has 1 saturated heterocycles. The molecular formula is C15H20ClNO3. The summed E-state index contributed by atoms with van der Waals surface area (Å²) in [5.74, 6) is 0.607. The third kappa shape index (κ3) is 4.78. The van der Waals surface area contributed by atoms with Crippen molar-refractivity contribution in [2.24, 2.45) is 0 Å². The van der Waals surface area contributed by atoms with Crippen LogP contribution in [0.25, 0.3) is 0 Å². The van der Waals surface area contributed by atoms with Gasteiger partial charge >= 0.3 is 0 Å². The molecule has 0 spiro atoms. The van der Waals surface area contributed by atoms with Crippen LogP contribution in [-0.2, 0) is 4.74 Å². The average molecular weight is 298 g/mol. The van der Waals surface area contributed by atoms with Crippen LogP contribution < -0.4 is 4.74 Å². The van der Waals surface area contributed by atoms with E-state index in [0.29, 0.717) is 22.9 Å². The second kappa shape index (κ2) is 8.25. The van der Waals surface area contributed by atoms with Crippen molar-refractivity contribution in [2.45, 2.75) is 12.8 Å². The van der Waals surface area contributed by atoms with Crippen LogP contribution in [0.5, 0.6) is 5.75 Å². The number of nitrogens with zero attached hydrogens (tertiary/aromatic N) is 1. The van der Waals surface area contributed by atoms with Gasteiger partial charge in [-0.3, -0.25) is 9.69 Å². The van der Waals surface area contributed by atoms with Gasteiger partial charge in [0.1, 0.15) is 5.75 Å². The Hall–Kier alpha value is -1.10. The van der Waals surface area contributed by atoms with E-state index in [4.69, 9.17) is 21.1 Å². The van der Waals surface area contributed by atoms with Crippen LogP contribution in [0.1, 0.15) is 23.2 Å². The van der Waals surface area contributed by atoms with E-state index in [-0.39, 0.29) is 0 Å². The molecule has 110 valence electrons. The van der Waals surface area contributed by atoms with Gasteiger partial charge in [0, 0.05) is 18.1 Å². The van der Waals surface area contributed by atoms with Gasteiger partial charge in [-0.05, 0) is 37.6 Å². The van der Waals surface area contributed by atoms with Crippen molar-refractivity contribution in [1.82, 2.24) is 4.90 Å². The number of benzene rings is 1. The van der Waals surface area contributed by atoms with Gasteiger partial charge in [0.2, 0.25) is 0 Å². The number of rotatable bonds is 7. The Morgan fingerprint density at radius 3 is 2.85 bits per heavy atom. The molecule has 2 rings (SSSR count). The topological polar surface area (TPSA) is 38.8 Å². The van der Waals surface area contributed by atoms with Crippen LogP contribution in [0, 0.1) is 0 Å². The molecule has 1 heterocycles. The lowest BCUT2D eigenvalue weighted by atomic mass is 10.2. The molecule has 1 aliphatic heterocycles. The van der Waals surface area contributed by atoms with Crippen LogP contribution in [0.2, 0.25) is 5.02 Å². The highest BCUT2D eigenvalue weighted by atomic mass is 35.5. The predicted octanol–water partition coefficient (Wildman–Crippen LogP) is 2.64. The van der Waals surface area contributed by atoms with Gasteiger partial charge in [0.05, 0.1) is 25.4 Å². The Kier molecular flexibility index (Phi) is 6.30. The molecule has 0 aliphatic carbocycles. The molecule has 0 N–H and O–H groups in total. The SMILES string of the molecule is O=Cc1cc(Cl)ccc1OCCCCN1CCOCC1. The fourth-order valence-corrected chi connectivity index (χ4v) is 2.37. The third-order valence-corrected chi connectivity index (χ3v) is 3.56. The van der Waals surface area contributed by atoms with E-state index in [1.165, 1.54) is 0 Å². The van der Waals surface area contributed by atoms with Crippen LogP contribution in [-0.4, -0.2) is 50.6 Å². The maximum Gasteiger partial charge on any atom is 0.153 e. The maximum absolute atomic E-state index is 10.9. The first-order valence-electron chi connectivity index (χ1n) is 6.97. The summed E-state index contributed by atoms with van der Waals surface area (Å²) in [6.07, 6.45) is 2.83. The summed E-state index contributed by atoms with van der Waals surface area (Å²) in [6, 6.07) is 5.10. The number of aldehydes is 1. The lowest BCUT2D eigenvalue weighted by Crippen LogP contribution is -2.36. The minimum atomic E-state index is 0.505. The van der Waals surface area contributed by atoms with Gasteiger partial charge < -0.3 is 9.47 Å². The smallest absolute Gasteiger partial charge is 0.153 e. The highest BCUT2D eigenvalue weighted by Crippen LogP contribution is 2.21. The van der Waals surface area contributed by atoms with Crippen molar-refractivity contribution >= 4 is 17.9 Å². The summed E-state index contributed by atoms with van der Waals surface area (Å²) in [6.45, 7) is 5.41. The fraction of sp³-hybridized carbons (Fsp3) is 0.533. The summed E-state index contributed by atoms with van der Waals surface area (Å²) in [5.41, 5.74) is 0.505. The number of morpholine rings is 1. The van der Waals surface area contributed by atoms with Crippen LogP contribution in [0.15, 0.2) is 18.2 Å². The Morgan fingerprint density at radius 2 is 2.10 bits per heavy atom. The second-order valence-electron chi connectivity index (χ2n) is 4.81. The summed E-state index contributed by atoms with van der Waals surface area (Å²) in [5, 5.41) is 0.548. The van der Waals surface area contributed by atoms with Crippen molar-refractivity contribution in [3.63, 3.8) is 0 Å². The third-order valence-electron chi connectivity index (χ3n) is 3.33. The zero-order valence-corrected chi connectivity index (χ0v) is 12.3. The van der Waals surface area contributed by atoms with Crippen molar-refractivity contribution in [3.05, 3.63) is 28.8 Å². The van der Waals surface area contributed by atoms with Crippen LogP contribution in [0.3, 0.4) is 0 Å². The van der Waals surface area contributed by atoms with E-state index >= 15 is 0 Å². The highest BCUT2D eigenvalue weighted by Gasteiger charge is 2.09. The summed E-state index contributed by atoms with van der Waals surface area (Å²) in [4.78, 5) is 13.3. The molecule has 0 unspecified atom stereocenters. The van der Waals surface area contributed by atoms with Crippen molar-refractivity contribution in [2.75, 3.05) is 39.5 Å². The van der Waals surface area contributed by atoms with Gasteiger partial charge in [0.15, 0.2) is 6.29 Å². The molecule has 5 heteroatoms. The number of unbranched alkanes of at least 4 members (excludes halogenated alkanes) is 1. The number of carbonyl (C=O) groups excluding carboxylic acids is 1.